The Morgan fingerprint density at radius 3 is 1.42 bits per heavy atom. The third kappa shape index (κ3) is 5.77. The van der Waals surface area contributed by atoms with E-state index < -0.39 is 0 Å². The summed E-state index contributed by atoms with van der Waals surface area (Å²) in [5, 5.41) is 14.0. The molecule has 0 atom stereocenters. The summed E-state index contributed by atoms with van der Waals surface area (Å²) < 4.78 is 0. The van der Waals surface area contributed by atoms with E-state index in [1.807, 2.05) is 84.9 Å². The maximum Gasteiger partial charge on any atom is 0.164 e. The molecule has 4 nitrogen and oxygen atoms in total. The highest BCUT2D eigenvalue weighted by Gasteiger charge is 2.15. The van der Waals surface area contributed by atoms with Gasteiger partial charge in [0.2, 0.25) is 0 Å². The zero-order valence-corrected chi connectivity index (χ0v) is 28.1. The second-order valence-electron chi connectivity index (χ2n) is 12.8. The normalized spacial score (nSPS) is 11.1. The molecule has 0 saturated carbocycles. The predicted molar refractivity (Wildman–Crippen MR) is 212 cm³/mol. The van der Waals surface area contributed by atoms with Crippen LogP contribution in [0.25, 0.3) is 89.1 Å². The van der Waals surface area contributed by atoms with E-state index in [-0.39, 0.29) is 0 Å². The second kappa shape index (κ2) is 13.2. The van der Waals surface area contributed by atoms with Crippen molar-refractivity contribution in [2.45, 2.75) is 0 Å². The molecule has 0 N–H and O–H groups in total. The molecule has 0 aliphatic carbocycles. The molecule has 0 spiro atoms. The lowest BCUT2D eigenvalue weighted by Gasteiger charge is -2.15. The van der Waals surface area contributed by atoms with E-state index in [1.165, 1.54) is 32.7 Å². The van der Waals surface area contributed by atoms with Crippen molar-refractivity contribution in [3.63, 3.8) is 0 Å². The fraction of sp³-hybridized carbons (Fsp3) is 0. The van der Waals surface area contributed by atoms with Gasteiger partial charge in [0.1, 0.15) is 0 Å². The topological polar surface area (TPSA) is 62.5 Å². The number of rotatable bonds is 6. The standard InChI is InChI=1S/C48H30N4/c49-31-32-18-20-35(21-19-32)40-28-29-44(42-16-8-7-15-41(40)42)43-17-9-14-34-24-27-39(30-45(34)43)33-22-25-38(26-23-33)48-51-46(36-10-3-1-4-11-36)50-47(52-48)37-12-5-2-6-13-37/h1-30H. The SMILES string of the molecule is N#Cc1ccc(-c2ccc(-c3cccc4ccc(-c5ccc(-c6nc(-c7ccccc7)nc(-c7ccccc7)n6)cc5)cc34)c3ccccc23)cc1. The summed E-state index contributed by atoms with van der Waals surface area (Å²) in [4.78, 5) is 14.7. The van der Waals surface area contributed by atoms with E-state index in [0.717, 1.165) is 38.9 Å². The highest BCUT2D eigenvalue weighted by atomic mass is 15.0. The molecule has 0 unspecified atom stereocenters. The van der Waals surface area contributed by atoms with Crippen LogP contribution in [-0.2, 0) is 0 Å². The van der Waals surface area contributed by atoms with Crippen molar-refractivity contribution in [3.05, 3.63) is 188 Å². The van der Waals surface area contributed by atoms with Gasteiger partial charge in [-0.15, -0.1) is 0 Å². The number of nitriles is 1. The molecular weight excluding hydrogens is 633 g/mol. The molecule has 242 valence electrons. The van der Waals surface area contributed by atoms with E-state index in [0.29, 0.717) is 23.0 Å². The zero-order chi connectivity index (χ0) is 34.9. The molecule has 9 aromatic rings. The summed E-state index contributed by atoms with van der Waals surface area (Å²) in [6.45, 7) is 0. The highest BCUT2D eigenvalue weighted by molar-refractivity contribution is 6.10. The van der Waals surface area contributed by atoms with Crippen LogP contribution in [0.5, 0.6) is 0 Å². The Balaban J connectivity index is 1.10. The second-order valence-corrected chi connectivity index (χ2v) is 12.8. The molecule has 0 radical (unpaired) electrons. The third-order valence-electron chi connectivity index (χ3n) is 9.60. The van der Waals surface area contributed by atoms with E-state index >= 15 is 0 Å². The van der Waals surface area contributed by atoms with E-state index in [9.17, 15) is 5.26 Å². The van der Waals surface area contributed by atoms with Crippen LogP contribution in [0.1, 0.15) is 5.56 Å². The van der Waals surface area contributed by atoms with Crippen molar-refractivity contribution >= 4 is 21.5 Å². The molecule has 0 saturated heterocycles. The summed E-state index contributed by atoms with van der Waals surface area (Å²) in [6.07, 6.45) is 0. The van der Waals surface area contributed by atoms with Crippen molar-refractivity contribution in [2.75, 3.05) is 0 Å². The lowest BCUT2D eigenvalue weighted by atomic mass is 9.89. The van der Waals surface area contributed by atoms with Crippen LogP contribution >= 0.6 is 0 Å². The van der Waals surface area contributed by atoms with Crippen molar-refractivity contribution in [1.29, 1.82) is 5.26 Å². The van der Waals surface area contributed by atoms with Crippen molar-refractivity contribution in [2.24, 2.45) is 0 Å². The van der Waals surface area contributed by atoms with Crippen molar-refractivity contribution in [3.8, 4) is 73.6 Å². The van der Waals surface area contributed by atoms with Gasteiger partial charge in [-0.05, 0) is 73.1 Å². The predicted octanol–water partition coefficient (Wildman–Crippen LogP) is 12.1. The van der Waals surface area contributed by atoms with E-state index in [2.05, 4.69) is 103 Å². The number of hydrogen-bond acceptors (Lipinski definition) is 4. The van der Waals surface area contributed by atoms with Gasteiger partial charge in [-0.25, -0.2) is 15.0 Å². The quantitative estimate of drug-likeness (QED) is 0.178. The molecule has 0 fully saturated rings. The molecule has 0 bridgehead atoms. The zero-order valence-electron chi connectivity index (χ0n) is 28.1. The molecule has 0 aliphatic rings. The summed E-state index contributed by atoms with van der Waals surface area (Å²) in [5.41, 5.74) is 10.3. The molecular formula is C48H30N4. The summed E-state index contributed by atoms with van der Waals surface area (Å²) in [6, 6.07) is 64.9. The largest absolute Gasteiger partial charge is 0.208 e. The Morgan fingerprint density at radius 2 is 0.808 bits per heavy atom. The number of fused-ring (bicyclic) bond motifs is 2. The number of nitrogens with zero attached hydrogens (tertiary/aromatic N) is 4. The van der Waals surface area contributed by atoms with Crippen LogP contribution in [0.4, 0.5) is 0 Å². The Labute approximate surface area is 302 Å². The number of aromatic nitrogens is 3. The van der Waals surface area contributed by atoms with Crippen LogP contribution in [-0.4, -0.2) is 15.0 Å². The van der Waals surface area contributed by atoms with Crippen LogP contribution in [0.15, 0.2) is 182 Å². The minimum atomic E-state index is 0.636. The average molecular weight is 663 g/mol. The summed E-state index contributed by atoms with van der Waals surface area (Å²) in [5.74, 6) is 1.93. The summed E-state index contributed by atoms with van der Waals surface area (Å²) in [7, 11) is 0. The van der Waals surface area contributed by atoms with Gasteiger partial charge in [0.25, 0.3) is 0 Å². The van der Waals surface area contributed by atoms with Gasteiger partial charge < -0.3 is 0 Å². The molecule has 8 aromatic carbocycles. The van der Waals surface area contributed by atoms with Gasteiger partial charge in [-0.2, -0.15) is 5.26 Å². The molecule has 52 heavy (non-hydrogen) atoms. The Bertz CT molecular complexity index is 2710. The molecule has 0 amide bonds. The van der Waals surface area contributed by atoms with Crippen LogP contribution in [0, 0.1) is 11.3 Å². The first-order valence-corrected chi connectivity index (χ1v) is 17.2. The maximum atomic E-state index is 9.30. The van der Waals surface area contributed by atoms with Crippen LogP contribution in [0.3, 0.4) is 0 Å². The molecule has 0 aliphatic heterocycles. The first kappa shape index (κ1) is 30.8. The molecule has 4 heteroatoms. The van der Waals surface area contributed by atoms with Crippen LogP contribution in [0.2, 0.25) is 0 Å². The first-order chi connectivity index (χ1) is 25.7. The minimum absolute atomic E-state index is 0.636. The fourth-order valence-electron chi connectivity index (χ4n) is 6.95. The van der Waals surface area contributed by atoms with Crippen LogP contribution < -0.4 is 0 Å². The lowest BCUT2D eigenvalue weighted by molar-refractivity contribution is 1.07. The van der Waals surface area contributed by atoms with Gasteiger partial charge in [0, 0.05) is 16.7 Å². The van der Waals surface area contributed by atoms with Gasteiger partial charge in [-0.3, -0.25) is 0 Å². The Kier molecular flexibility index (Phi) is 7.85. The number of hydrogen-bond donors (Lipinski definition) is 0. The monoisotopic (exact) mass is 662 g/mol. The van der Waals surface area contributed by atoms with Gasteiger partial charge in [0.15, 0.2) is 17.5 Å². The maximum absolute atomic E-state index is 9.30. The van der Waals surface area contributed by atoms with Crippen molar-refractivity contribution < 1.29 is 0 Å². The van der Waals surface area contributed by atoms with Gasteiger partial charge in [-0.1, -0.05) is 164 Å². The van der Waals surface area contributed by atoms with E-state index in [1.54, 1.807) is 0 Å². The minimum Gasteiger partial charge on any atom is -0.208 e. The van der Waals surface area contributed by atoms with Crippen molar-refractivity contribution in [1.82, 2.24) is 15.0 Å². The lowest BCUT2D eigenvalue weighted by Crippen LogP contribution is -2.00. The van der Waals surface area contributed by atoms with Gasteiger partial charge in [0.05, 0.1) is 11.6 Å². The Hall–Kier alpha value is -7.22. The first-order valence-electron chi connectivity index (χ1n) is 17.2. The molecule has 1 aromatic heterocycles. The molecule has 9 rings (SSSR count). The average Bonchev–Trinajstić information content (AvgIpc) is 3.23. The van der Waals surface area contributed by atoms with E-state index in [4.69, 9.17) is 15.0 Å². The number of benzene rings is 8. The Morgan fingerprint density at radius 1 is 0.327 bits per heavy atom. The fourth-order valence-corrected chi connectivity index (χ4v) is 6.95. The molecule has 1 heterocycles. The summed E-state index contributed by atoms with van der Waals surface area (Å²) >= 11 is 0. The third-order valence-corrected chi connectivity index (χ3v) is 9.60. The highest BCUT2D eigenvalue weighted by Crippen LogP contribution is 2.39. The van der Waals surface area contributed by atoms with Gasteiger partial charge >= 0.3 is 0 Å². The smallest absolute Gasteiger partial charge is 0.164 e.